The number of guanidine groups is 1. The fraction of sp³-hybridized carbons (Fsp3) is 0.364. The Labute approximate surface area is 167 Å². The van der Waals surface area contributed by atoms with Crippen LogP contribution >= 0.6 is 0 Å². The van der Waals surface area contributed by atoms with Crippen LogP contribution in [-0.2, 0) is 11.3 Å². The monoisotopic (exact) mass is 382 g/mol. The van der Waals surface area contributed by atoms with E-state index in [4.69, 9.17) is 4.74 Å². The Morgan fingerprint density at radius 3 is 2.43 bits per heavy atom. The number of ether oxygens (including phenoxy) is 1. The van der Waals surface area contributed by atoms with Gasteiger partial charge in [-0.05, 0) is 36.6 Å². The molecule has 2 aromatic carbocycles. The van der Waals surface area contributed by atoms with Gasteiger partial charge in [0.1, 0.15) is 0 Å². The molecule has 1 unspecified atom stereocenters. The topological polar surface area (TPSA) is 74.8 Å². The van der Waals surface area contributed by atoms with Gasteiger partial charge < -0.3 is 20.7 Å². The Bertz CT molecular complexity index is 745. The maximum absolute atomic E-state index is 11.6. The molecule has 1 amide bonds. The van der Waals surface area contributed by atoms with Crippen LogP contribution in [0.1, 0.15) is 40.9 Å². The molecule has 0 saturated carbocycles. The first-order chi connectivity index (χ1) is 13.6. The minimum Gasteiger partial charge on any atom is -0.374 e. The highest BCUT2D eigenvalue weighted by atomic mass is 16.5. The van der Waals surface area contributed by atoms with E-state index in [9.17, 15) is 4.79 Å². The van der Waals surface area contributed by atoms with Crippen molar-refractivity contribution < 1.29 is 9.53 Å². The zero-order valence-electron chi connectivity index (χ0n) is 16.9. The van der Waals surface area contributed by atoms with Gasteiger partial charge >= 0.3 is 0 Å². The summed E-state index contributed by atoms with van der Waals surface area (Å²) in [6.45, 7) is 4.16. The summed E-state index contributed by atoms with van der Waals surface area (Å²) in [6.07, 6.45) is 0.981. The van der Waals surface area contributed by atoms with E-state index in [1.165, 1.54) is 5.56 Å². The molecule has 0 aliphatic heterocycles. The van der Waals surface area contributed by atoms with Gasteiger partial charge in [-0.1, -0.05) is 42.5 Å². The summed E-state index contributed by atoms with van der Waals surface area (Å²) < 4.78 is 5.88. The lowest BCUT2D eigenvalue weighted by molar-refractivity contribution is 0.0646. The van der Waals surface area contributed by atoms with Gasteiger partial charge in [0, 0.05) is 39.4 Å². The first kappa shape index (κ1) is 21.4. The smallest absolute Gasteiger partial charge is 0.251 e. The third-order valence-electron chi connectivity index (χ3n) is 4.38. The lowest BCUT2D eigenvalue weighted by atomic mass is 10.1. The predicted octanol–water partition coefficient (Wildman–Crippen LogP) is 2.88. The third-order valence-corrected chi connectivity index (χ3v) is 4.38. The van der Waals surface area contributed by atoms with E-state index in [1.54, 1.807) is 14.1 Å². The van der Waals surface area contributed by atoms with E-state index in [0.717, 1.165) is 24.5 Å². The molecule has 6 heteroatoms. The van der Waals surface area contributed by atoms with Crippen LogP contribution in [-0.4, -0.2) is 39.1 Å². The average molecular weight is 383 g/mol. The van der Waals surface area contributed by atoms with Gasteiger partial charge in [-0.2, -0.15) is 0 Å². The quantitative estimate of drug-likeness (QED) is 0.354. The van der Waals surface area contributed by atoms with Gasteiger partial charge in [0.2, 0.25) is 0 Å². The second-order valence-electron chi connectivity index (χ2n) is 6.41. The number of amides is 1. The molecule has 0 bridgehead atoms. The van der Waals surface area contributed by atoms with Crippen LogP contribution in [0, 0.1) is 0 Å². The first-order valence-corrected chi connectivity index (χ1v) is 9.56. The molecule has 0 spiro atoms. The van der Waals surface area contributed by atoms with Gasteiger partial charge in [0.05, 0.1) is 6.10 Å². The third kappa shape index (κ3) is 7.04. The zero-order valence-corrected chi connectivity index (χ0v) is 16.9. The second-order valence-corrected chi connectivity index (χ2v) is 6.41. The van der Waals surface area contributed by atoms with Crippen molar-refractivity contribution in [3.8, 4) is 0 Å². The van der Waals surface area contributed by atoms with Crippen LogP contribution in [0.3, 0.4) is 0 Å². The standard InChI is InChI=1S/C22H30N4O2/c1-17(19-8-5-4-6-9-19)28-15-7-14-25-22(24-3)26-16-18-10-12-20(13-11-18)21(27)23-2/h4-6,8-13,17H,7,14-16H2,1-3H3,(H,23,27)(H2,24,25,26). The van der Waals surface area contributed by atoms with Crippen molar-refractivity contribution in [2.24, 2.45) is 4.99 Å². The largest absolute Gasteiger partial charge is 0.374 e. The molecule has 2 rings (SSSR count). The lowest BCUT2D eigenvalue weighted by Gasteiger charge is -2.15. The highest BCUT2D eigenvalue weighted by Gasteiger charge is 2.05. The predicted molar refractivity (Wildman–Crippen MR) is 113 cm³/mol. The van der Waals surface area contributed by atoms with Crippen LogP contribution in [0.5, 0.6) is 0 Å². The molecule has 28 heavy (non-hydrogen) atoms. The van der Waals surface area contributed by atoms with Gasteiger partial charge in [-0.3, -0.25) is 9.79 Å². The minimum atomic E-state index is -0.0826. The summed E-state index contributed by atoms with van der Waals surface area (Å²) in [5, 5.41) is 9.17. The molecule has 2 aromatic rings. The average Bonchev–Trinajstić information content (AvgIpc) is 2.75. The Balaban J connectivity index is 1.65. The molecule has 150 valence electrons. The van der Waals surface area contributed by atoms with Crippen LogP contribution in [0.25, 0.3) is 0 Å². The van der Waals surface area contributed by atoms with Crippen molar-refractivity contribution in [1.82, 2.24) is 16.0 Å². The Morgan fingerprint density at radius 2 is 1.79 bits per heavy atom. The van der Waals surface area contributed by atoms with Gasteiger partial charge in [-0.25, -0.2) is 0 Å². The maximum atomic E-state index is 11.6. The fourth-order valence-corrected chi connectivity index (χ4v) is 2.68. The Kier molecular flexibility index (Phi) is 9.01. The number of carbonyl (C=O) groups excluding carboxylic acids is 1. The van der Waals surface area contributed by atoms with Crippen LogP contribution < -0.4 is 16.0 Å². The van der Waals surface area contributed by atoms with E-state index >= 15 is 0 Å². The fourth-order valence-electron chi connectivity index (χ4n) is 2.68. The Morgan fingerprint density at radius 1 is 1.07 bits per heavy atom. The molecule has 0 radical (unpaired) electrons. The molecule has 0 saturated heterocycles. The lowest BCUT2D eigenvalue weighted by Crippen LogP contribution is -2.37. The summed E-state index contributed by atoms with van der Waals surface area (Å²) in [5.41, 5.74) is 2.92. The number of carbonyl (C=O) groups is 1. The van der Waals surface area contributed by atoms with Crippen LogP contribution in [0.4, 0.5) is 0 Å². The van der Waals surface area contributed by atoms with E-state index < -0.39 is 0 Å². The van der Waals surface area contributed by atoms with Crippen LogP contribution in [0.15, 0.2) is 59.6 Å². The molecule has 0 aliphatic carbocycles. The van der Waals surface area contributed by atoms with Crippen molar-refractivity contribution in [3.63, 3.8) is 0 Å². The van der Waals surface area contributed by atoms with Crippen molar-refractivity contribution in [1.29, 1.82) is 0 Å². The van der Waals surface area contributed by atoms with Crippen molar-refractivity contribution in [2.75, 3.05) is 27.2 Å². The van der Waals surface area contributed by atoms with Gasteiger partial charge in [0.15, 0.2) is 5.96 Å². The molecule has 0 aliphatic rings. The van der Waals surface area contributed by atoms with Crippen molar-refractivity contribution in [2.45, 2.75) is 26.0 Å². The molecule has 6 nitrogen and oxygen atoms in total. The number of hydrogen-bond donors (Lipinski definition) is 3. The summed E-state index contributed by atoms with van der Waals surface area (Å²) >= 11 is 0. The summed E-state index contributed by atoms with van der Waals surface area (Å²) in [4.78, 5) is 15.8. The maximum Gasteiger partial charge on any atom is 0.251 e. The van der Waals surface area contributed by atoms with E-state index in [2.05, 4.69) is 40.0 Å². The van der Waals surface area contributed by atoms with Gasteiger partial charge in [0.25, 0.3) is 5.91 Å². The first-order valence-electron chi connectivity index (χ1n) is 9.56. The number of rotatable bonds is 9. The SMILES string of the molecule is CN=C(NCCCOC(C)c1ccccc1)NCc1ccc(C(=O)NC)cc1. The molecule has 0 fully saturated rings. The van der Waals surface area contributed by atoms with E-state index in [-0.39, 0.29) is 12.0 Å². The highest BCUT2D eigenvalue weighted by molar-refractivity contribution is 5.93. The molecule has 1 atom stereocenters. The highest BCUT2D eigenvalue weighted by Crippen LogP contribution is 2.15. The zero-order chi connectivity index (χ0) is 20.2. The number of hydrogen-bond acceptors (Lipinski definition) is 3. The minimum absolute atomic E-state index is 0.0826. The molecule has 0 aromatic heterocycles. The Hall–Kier alpha value is -2.86. The van der Waals surface area contributed by atoms with Crippen molar-refractivity contribution >= 4 is 11.9 Å². The summed E-state index contributed by atoms with van der Waals surface area (Å²) in [7, 11) is 3.37. The normalized spacial score (nSPS) is 12.3. The molecular formula is C22H30N4O2. The number of benzene rings is 2. The second kappa shape index (κ2) is 11.8. The summed E-state index contributed by atoms with van der Waals surface area (Å²) in [6, 6.07) is 17.7. The van der Waals surface area contributed by atoms with E-state index in [1.807, 2.05) is 42.5 Å². The van der Waals surface area contributed by atoms with Gasteiger partial charge in [-0.15, -0.1) is 0 Å². The molecular weight excluding hydrogens is 352 g/mol. The van der Waals surface area contributed by atoms with Crippen molar-refractivity contribution in [3.05, 3.63) is 71.3 Å². The number of nitrogens with one attached hydrogen (secondary N) is 3. The van der Waals surface area contributed by atoms with Crippen LogP contribution in [0.2, 0.25) is 0 Å². The number of aliphatic imine (C=N–C) groups is 1. The number of nitrogens with zero attached hydrogens (tertiary/aromatic N) is 1. The molecule has 3 N–H and O–H groups in total. The summed E-state index contributed by atoms with van der Waals surface area (Å²) in [5.74, 6) is 0.660. The van der Waals surface area contributed by atoms with E-state index in [0.29, 0.717) is 18.7 Å². The molecule has 0 heterocycles.